The van der Waals surface area contributed by atoms with Gasteiger partial charge >= 0.3 is 10.1 Å². The molecule has 3 aromatic rings. The highest BCUT2D eigenvalue weighted by Crippen LogP contribution is 2.31. The number of carbonyl (C=O) groups excluding carboxylic acids is 1. The van der Waals surface area contributed by atoms with Crippen molar-refractivity contribution in [3.8, 4) is 17.6 Å². The summed E-state index contributed by atoms with van der Waals surface area (Å²) in [6.07, 6.45) is 2.03. The summed E-state index contributed by atoms with van der Waals surface area (Å²) in [5, 5.41) is 20.8. The number of amides is 1. The van der Waals surface area contributed by atoms with E-state index in [-0.39, 0.29) is 22.0 Å². The molecule has 0 aliphatic rings. The van der Waals surface area contributed by atoms with E-state index < -0.39 is 16.0 Å². The zero-order chi connectivity index (χ0) is 23.1. The van der Waals surface area contributed by atoms with Gasteiger partial charge in [-0.3, -0.25) is 10.1 Å². The lowest BCUT2D eigenvalue weighted by Crippen LogP contribution is -2.13. The van der Waals surface area contributed by atoms with Crippen molar-refractivity contribution in [1.82, 2.24) is 10.2 Å². The van der Waals surface area contributed by atoms with Crippen LogP contribution in [0.2, 0.25) is 0 Å². The molecule has 1 heterocycles. The fourth-order valence-corrected chi connectivity index (χ4v) is 4.16. The van der Waals surface area contributed by atoms with Gasteiger partial charge in [0.05, 0.1) is 7.11 Å². The normalized spacial score (nSPS) is 11.5. The third-order valence-electron chi connectivity index (χ3n) is 4.08. The summed E-state index contributed by atoms with van der Waals surface area (Å²) in [7, 11) is -2.71. The van der Waals surface area contributed by atoms with Gasteiger partial charge in [0, 0.05) is 0 Å². The second kappa shape index (κ2) is 10.0. The van der Waals surface area contributed by atoms with Crippen molar-refractivity contribution in [2.75, 3.05) is 12.4 Å². The molecule has 2 aromatic carbocycles. The molecule has 0 fully saturated rings. The summed E-state index contributed by atoms with van der Waals surface area (Å²) in [6.45, 7) is 1.92. The average molecular weight is 471 g/mol. The summed E-state index contributed by atoms with van der Waals surface area (Å²) in [5.41, 5.74) is 0.260. The van der Waals surface area contributed by atoms with Gasteiger partial charge in [0.15, 0.2) is 11.5 Å². The Morgan fingerprint density at radius 1 is 1.19 bits per heavy atom. The van der Waals surface area contributed by atoms with E-state index in [1.165, 1.54) is 54.9 Å². The Bertz CT molecular complexity index is 1300. The van der Waals surface area contributed by atoms with Crippen molar-refractivity contribution in [3.05, 3.63) is 64.7 Å². The molecule has 1 amide bonds. The minimum atomic E-state index is -4.06. The van der Waals surface area contributed by atoms with Gasteiger partial charge in [0.25, 0.3) is 5.91 Å². The SMILES string of the molecule is CCc1nnc(NC(=O)C(C#N)=Cc2ccc(OS(=O)(=O)c3ccccc3)c(OC)c2)s1. The molecule has 0 bridgehead atoms. The van der Waals surface area contributed by atoms with E-state index in [0.29, 0.717) is 17.1 Å². The average Bonchev–Trinajstić information content (AvgIpc) is 3.26. The molecule has 0 aliphatic heterocycles. The molecule has 0 radical (unpaired) electrons. The van der Waals surface area contributed by atoms with Crippen molar-refractivity contribution < 1.29 is 22.1 Å². The number of nitriles is 1. The number of ether oxygens (including phenoxy) is 1. The predicted octanol–water partition coefficient (Wildman–Crippen LogP) is 3.42. The monoisotopic (exact) mass is 470 g/mol. The highest BCUT2D eigenvalue weighted by atomic mass is 32.2. The second-order valence-electron chi connectivity index (χ2n) is 6.24. The molecule has 3 rings (SSSR count). The third kappa shape index (κ3) is 5.48. The molecule has 164 valence electrons. The van der Waals surface area contributed by atoms with Crippen LogP contribution in [0.25, 0.3) is 6.08 Å². The Morgan fingerprint density at radius 3 is 2.56 bits per heavy atom. The van der Waals surface area contributed by atoms with Crippen LogP contribution in [-0.2, 0) is 21.3 Å². The number of aryl methyl sites for hydroxylation is 1. The van der Waals surface area contributed by atoms with E-state index in [4.69, 9.17) is 8.92 Å². The maximum atomic E-state index is 12.5. The van der Waals surface area contributed by atoms with E-state index in [1.807, 2.05) is 13.0 Å². The number of hydrogen-bond donors (Lipinski definition) is 1. The van der Waals surface area contributed by atoms with Gasteiger partial charge in [0.2, 0.25) is 5.13 Å². The van der Waals surface area contributed by atoms with Crippen LogP contribution < -0.4 is 14.2 Å². The minimum Gasteiger partial charge on any atom is -0.493 e. The number of carbonyl (C=O) groups is 1. The van der Waals surface area contributed by atoms with Crippen LogP contribution in [-0.4, -0.2) is 31.6 Å². The Hall–Kier alpha value is -3.75. The molecule has 0 aliphatic carbocycles. The van der Waals surface area contributed by atoms with Crippen LogP contribution in [0.15, 0.2) is 59.0 Å². The fourth-order valence-electron chi connectivity index (χ4n) is 2.52. The first-order valence-corrected chi connectivity index (χ1v) is 11.5. The highest BCUT2D eigenvalue weighted by molar-refractivity contribution is 7.87. The van der Waals surface area contributed by atoms with E-state index in [0.717, 1.165) is 5.01 Å². The van der Waals surface area contributed by atoms with Gasteiger partial charge in [-0.25, -0.2) is 0 Å². The molecule has 1 N–H and O–H groups in total. The number of aromatic nitrogens is 2. The summed E-state index contributed by atoms with van der Waals surface area (Å²) in [5.74, 6) is -0.553. The number of nitrogens with one attached hydrogen (secondary N) is 1. The van der Waals surface area contributed by atoms with Crippen LogP contribution in [0, 0.1) is 11.3 Å². The Balaban J connectivity index is 1.83. The van der Waals surface area contributed by atoms with Crippen molar-refractivity contribution in [1.29, 1.82) is 5.26 Å². The topological polar surface area (TPSA) is 131 Å². The minimum absolute atomic E-state index is 0.00244. The second-order valence-corrected chi connectivity index (χ2v) is 8.85. The highest BCUT2D eigenvalue weighted by Gasteiger charge is 2.19. The molecule has 32 heavy (non-hydrogen) atoms. The number of hydrogen-bond acceptors (Lipinski definition) is 9. The van der Waals surface area contributed by atoms with Crippen molar-refractivity contribution in [2.45, 2.75) is 18.2 Å². The van der Waals surface area contributed by atoms with Gasteiger partial charge in [-0.05, 0) is 42.3 Å². The summed E-state index contributed by atoms with van der Waals surface area (Å²) < 4.78 is 35.4. The molecule has 9 nitrogen and oxygen atoms in total. The third-order valence-corrected chi connectivity index (χ3v) is 6.32. The molecule has 0 spiro atoms. The van der Waals surface area contributed by atoms with Crippen LogP contribution in [0.3, 0.4) is 0 Å². The summed E-state index contributed by atoms with van der Waals surface area (Å²) >= 11 is 1.22. The predicted molar refractivity (Wildman–Crippen MR) is 119 cm³/mol. The van der Waals surface area contributed by atoms with Crippen molar-refractivity contribution >= 4 is 38.6 Å². The lowest BCUT2D eigenvalue weighted by Gasteiger charge is -2.11. The molecule has 11 heteroatoms. The first-order valence-electron chi connectivity index (χ1n) is 9.29. The summed E-state index contributed by atoms with van der Waals surface area (Å²) in [6, 6.07) is 13.9. The Labute approximate surface area is 189 Å². The van der Waals surface area contributed by atoms with E-state index >= 15 is 0 Å². The lowest BCUT2D eigenvalue weighted by molar-refractivity contribution is -0.112. The first kappa shape index (κ1) is 22.9. The zero-order valence-corrected chi connectivity index (χ0v) is 18.7. The number of nitrogens with zero attached hydrogens (tertiary/aromatic N) is 3. The fraction of sp³-hybridized carbons (Fsp3) is 0.143. The summed E-state index contributed by atoms with van der Waals surface area (Å²) in [4.78, 5) is 12.4. The van der Waals surface area contributed by atoms with Gasteiger partial charge in [-0.2, -0.15) is 13.7 Å². The molecular weight excluding hydrogens is 452 g/mol. The maximum Gasteiger partial charge on any atom is 0.339 e. The van der Waals surface area contributed by atoms with Crippen molar-refractivity contribution in [2.24, 2.45) is 0 Å². The Kier molecular flexibility index (Phi) is 7.19. The van der Waals surface area contributed by atoms with Crippen molar-refractivity contribution in [3.63, 3.8) is 0 Å². The standard InChI is InChI=1S/C21H18N4O5S2/c1-3-19-24-25-21(31-19)23-20(26)15(13-22)11-14-9-10-17(18(12-14)29-2)30-32(27,28)16-7-5-4-6-8-16/h4-12H,3H2,1-2H3,(H,23,25,26). The number of benzene rings is 2. The molecule has 1 aromatic heterocycles. The Morgan fingerprint density at radius 2 is 1.94 bits per heavy atom. The number of methoxy groups -OCH3 is 1. The smallest absolute Gasteiger partial charge is 0.339 e. The number of rotatable bonds is 8. The van der Waals surface area contributed by atoms with Crippen LogP contribution >= 0.6 is 11.3 Å². The van der Waals surface area contributed by atoms with Gasteiger partial charge in [-0.1, -0.05) is 42.5 Å². The largest absolute Gasteiger partial charge is 0.493 e. The van der Waals surface area contributed by atoms with E-state index in [1.54, 1.807) is 18.2 Å². The molecule has 0 unspecified atom stereocenters. The number of anilines is 1. The van der Waals surface area contributed by atoms with Crippen LogP contribution in [0.5, 0.6) is 11.5 Å². The molecule has 0 saturated carbocycles. The lowest BCUT2D eigenvalue weighted by atomic mass is 10.1. The molecule has 0 atom stereocenters. The quantitative estimate of drug-likeness (QED) is 0.301. The van der Waals surface area contributed by atoms with Crippen LogP contribution in [0.1, 0.15) is 17.5 Å². The van der Waals surface area contributed by atoms with Gasteiger partial charge in [0.1, 0.15) is 21.5 Å². The molecular formula is C21H18N4O5S2. The van der Waals surface area contributed by atoms with E-state index in [2.05, 4.69) is 15.5 Å². The first-order chi connectivity index (χ1) is 15.4. The van der Waals surface area contributed by atoms with Gasteiger partial charge in [-0.15, -0.1) is 10.2 Å². The zero-order valence-electron chi connectivity index (χ0n) is 17.1. The van der Waals surface area contributed by atoms with Gasteiger partial charge < -0.3 is 8.92 Å². The maximum absolute atomic E-state index is 12.5. The van der Waals surface area contributed by atoms with Crippen LogP contribution in [0.4, 0.5) is 5.13 Å². The van der Waals surface area contributed by atoms with E-state index in [9.17, 15) is 18.5 Å². The molecule has 0 saturated heterocycles.